The number of amides is 2. The summed E-state index contributed by atoms with van der Waals surface area (Å²) in [4.78, 5) is 69.8. The Kier molecular flexibility index (Phi) is 7.18. The summed E-state index contributed by atoms with van der Waals surface area (Å²) in [6.07, 6.45) is 1.44. The highest BCUT2D eigenvalue weighted by Crippen LogP contribution is 2.63. The lowest BCUT2D eigenvalue weighted by atomic mass is 9.64. The normalized spacial score (nSPS) is 24.7. The highest BCUT2D eigenvalue weighted by atomic mass is 35.5. The van der Waals surface area contributed by atoms with Gasteiger partial charge in [0, 0.05) is 51.5 Å². The van der Waals surface area contributed by atoms with E-state index in [2.05, 4.69) is 4.98 Å². The van der Waals surface area contributed by atoms with Gasteiger partial charge in [0.2, 0.25) is 0 Å². The lowest BCUT2D eigenvalue weighted by Crippen LogP contribution is -2.59. The summed E-state index contributed by atoms with van der Waals surface area (Å²) < 4.78 is 15.7. The SMILES string of the molecule is COc1cc2nc(CCn3c(=O)n4n(c3=O)[C@@H]3C[C@@]5(Cl)C(=O)N(C)C(=O)[C@@]5(Cl)[C@@H](c5ccc(O)cc5)C3=CC4)c(=O)n(C)c2cc1OC. The molecule has 16 heteroatoms. The molecule has 1 N–H and O–H groups in total. The number of likely N-dealkylation sites (tertiary alicyclic amines) is 1. The number of fused-ring (bicyclic) bond motifs is 5. The zero-order valence-corrected chi connectivity index (χ0v) is 27.8. The Balaban J connectivity index is 1.30. The van der Waals surface area contributed by atoms with Gasteiger partial charge in [-0.2, -0.15) is 0 Å². The van der Waals surface area contributed by atoms with Crippen molar-refractivity contribution >= 4 is 46.0 Å². The molecule has 14 nitrogen and oxygen atoms in total. The van der Waals surface area contributed by atoms with Gasteiger partial charge in [0.15, 0.2) is 21.2 Å². The molecule has 2 amide bonds. The third-order valence-corrected chi connectivity index (χ3v) is 11.2. The predicted molar refractivity (Wildman–Crippen MR) is 174 cm³/mol. The minimum absolute atomic E-state index is 0.0211. The number of methoxy groups -OCH3 is 2. The maximum atomic E-state index is 14.1. The molecule has 2 aromatic carbocycles. The van der Waals surface area contributed by atoms with Crippen molar-refractivity contribution in [3.63, 3.8) is 0 Å². The molecule has 4 atom stereocenters. The van der Waals surface area contributed by atoms with Crippen molar-refractivity contribution in [1.82, 2.24) is 28.4 Å². The molecule has 3 aliphatic rings. The molecule has 1 aliphatic carbocycles. The third kappa shape index (κ3) is 4.11. The van der Waals surface area contributed by atoms with Crippen molar-refractivity contribution in [2.75, 3.05) is 21.3 Å². The van der Waals surface area contributed by atoms with Gasteiger partial charge >= 0.3 is 11.4 Å². The van der Waals surface area contributed by atoms with Crippen molar-refractivity contribution in [3.8, 4) is 17.2 Å². The molecule has 4 heterocycles. The number of benzene rings is 2. The van der Waals surface area contributed by atoms with E-state index in [-0.39, 0.29) is 37.4 Å². The molecule has 2 aromatic heterocycles. The number of rotatable bonds is 6. The highest BCUT2D eigenvalue weighted by molar-refractivity contribution is 6.53. The zero-order valence-electron chi connectivity index (χ0n) is 26.3. The van der Waals surface area contributed by atoms with Crippen molar-refractivity contribution in [2.45, 2.75) is 47.6 Å². The average molecular weight is 698 g/mol. The van der Waals surface area contributed by atoms with Crippen LogP contribution in [0, 0.1) is 0 Å². The van der Waals surface area contributed by atoms with Crippen molar-refractivity contribution in [1.29, 1.82) is 0 Å². The quantitative estimate of drug-likeness (QED) is 0.180. The number of aromatic hydroxyl groups is 1. The van der Waals surface area contributed by atoms with Gasteiger partial charge in [-0.1, -0.05) is 18.2 Å². The topological polar surface area (TPSA) is 160 Å². The van der Waals surface area contributed by atoms with Gasteiger partial charge in [-0.25, -0.2) is 28.5 Å². The molecule has 2 aliphatic heterocycles. The molecule has 1 saturated carbocycles. The number of alkyl halides is 2. The highest BCUT2D eigenvalue weighted by Gasteiger charge is 2.74. The lowest BCUT2D eigenvalue weighted by molar-refractivity contribution is -0.137. The fourth-order valence-electron chi connectivity index (χ4n) is 7.38. The molecule has 4 aromatic rings. The van der Waals surface area contributed by atoms with Crippen LogP contribution in [0.3, 0.4) is 0 Å². The van der Waals surface area contributed by atoms with Crippen LogP contribution in [0.4, 0.5) is 0 Å². The number of halogens is 2. The Bertz CT molecular complexity index is 2270. The van der Waals surface area contributed by atoms with E-state index in [1.807, 2.05) is 0 Å². The third-order valence-electron chi connectivity index (χ3n) is 9.81. The second-order valence-electron chi connectivity index (χ2n) is 12.1. The number of carbonyl (C=O) groups is 2. The van der Waals surface area contributed by atoms with E-state index < -0.39 is 50.5 Å². The molecule has 0 spiro atoms. The molecule has 0 unspecified atom stereocenters. The Morgan fingerprint density at radius 3 is 2.29 bits per heavy atom. The Hall–Kier alpha value is -4.82. The maximum Gasteiger partial charge on any atom is 0.347 e. The summed E-state index contributed by atoms with van der Waals surface area (Å²) in [5, 5.41) is 9.96. The Morgan fingerprint density at radius 1 is 0.958 bits per heavy atom. The van der Waals surface area contributed by atoms with Crippen LogP contribution in [0.25, 0.3) is 11.0 Å². The Labute approximate surface area is 281 Å². The van der Waals surface area contributed by atoms with Gasteiger partial charge < -0.3 is 19.1 Å². The van der Waals surface area contributed by atoms with E-state index >= 15 is 0 Å². The molecule has 0 radical (unpaired) electrons. The number of carbonyl (C=O) groups excluding carboxylic acids is 2. The predicted octanol–water partition coefficient (Wildman–Crippen LogP) is 1.65. The largest absolute Gasteiger partial charge is 0.508 e. The summed E-state index contributed by atoms with van der Waals surface area (Å²) in [7, 11) is 5.86. The van der Waals surface area contributed by atoms with Crippen molar-refractivity contribution < 1.29 is 24.2 Å². The number of hydrogen-bond acceptors (Lipinski definition) is 9. The maximum absolute atomic E-state index is 14.1. The minimum atomic E-state index is -1.96. The second kappa shape index (κ2) is 10.9. The van der Waals surface area contributed by atoms with E-state index in [1.54, 1.807) is 37.4 Å². The summed E-state index contributed by atoms with van der Waals surface area (Å²) in [5.74, 6) is -1.55. The number of aryl methyl sites for hydroxylation is 2. The zero-order chi connectivity index (χ0) is 34.4. The van der Waals surface area contributed by atoms with Crippen LogP contribution in [-0.4, -0.2) is 76.3 Å². The lowest BCUT2D eigenvalue weighted by Gasteiger charge is -2.49. The summed E-state index contributed by atoms with van der Waals surface area (Å²) >= 11 is 14.3. The molecular weight excluding hydrogens is 667 g/mol. The van der Waals surface area contributed by atoms with E-state index in [4.69, 9.17) is 32.7 Å². The summed E-state index contributed by atoms with van der Waals surface area (Å²) in [5.41, 5.74) is 0.414. The molecule has 48 heavy (non-hydrogen) atoms. The van der Waals surface area contributed by atoms with Gasteiger partial charge in [-0.15, -0.1) is 23.2 Å². The molecule has 250 valence electrons. The fraction of sp³-hybridized carbons (Fsp3) is 0.375. The number of aromatic nitrogens is 5. The summed E-state index contributed by atoms with van der Waals surface area (Å²) in [6.45, 7) is -0.194. The standard InChI is InChI=1S/C32H30Cl2N6O8/c1-36-21-14-24(48-4)23(47-3)13-20(21)35-19(26(36)42)10-11-38-29(45)39-12-9-18-22(40(39)30(38)46)15-31(33)27(43)37(2)28(44)32(31,34)25(18)16-5-7-17(41)8-6-16/h5-9,13-14,22,25,41H,10-12,15H2,1-4H3/t22-,25+,31-,32+/m1/s1. The second-order valence-corrected chi connectivity index (χ2v) is 13.4. The number of imide groups is 1. The summed E-state index contributed by atoms with van der Waals surface area (Å²) in [6, 6.07) is 8.39. The van der Waals surface area contributed by atoms with Gasteiger partial charge in [0.25, 0.3) is 17.4 Å². The van der Waals surface area contributed by atoms with Crippen LogP contribution in [-0.2, 0) is 36.1 Å². The van der Waals surface area contributed by atoms with E-state index in [1.165, 1.54) is 47.3 Å². The van der Waals surface area contributed by atoms with Gasteiger partial charge in [-0.3, -0.25) is 19.3 Å². The Morgan fingerprint density at radius 2 is 1.62 bits per heavy atom. The van der Waals surface area contributed by atoms with Crippen LogP contribution >= 0.6 is 23.2 Å². The first-order valence-electron chi connectivity index (χ1n) is 15.0. The van der Waals surface area contributed by atoms with E-state index in [0.717, 1.165) is 9.47 Å². The van der Waals surface area contributed by atoms with Crippen LogP contribution in [0.15, 0.2) is 62.4 Å². The molecule has 0 bridgehead atoms. The minimum Gasteiger partial charge on any atom is -0.508 e. The number of phenols is 1. The van der Waals surface area contributed by atoms with Crippen LogP contribution < -0.4 is 26.4 Å². The smallest absolute Gasteiger partial charge is 0.347 e. The van der Waals surface area contributed by atoms with Crippen LogP contribution in [0.5, 0.6) is 17.2 Å². The average Bonchev–Trinajstić information content (AvgIpc) is 3.39. The van der Waals surface area contributed by atoms with E-state index in [9.17, 15) is 29.1 Å². The molecule has 1 saturated heterocycles. The van der Waals surface area contributed by atoms with Gasteiger partial charge in [0.1, 0.15) is 11.4 Å². The number of ether oxygens (including phenoxy) is 2. The molecule has 2 fully saturated rings. The first-order chi connectivity index (χ1) is 22.8. The van der Waals surface area contributed by atoms with Crippen LogP contribution in [0.2, 0.25) is 0 Å². The fourth-order valence-corrected chi connectivity index (χ4v) is 8.38. The molecule has 7 rings (SSSR count). The van der Waals surface area contributed by atoms with Gasteiger partial charge in [-0.05, 0) is 23.3 Å². The first-order valence-corrected chi connectivity index (χ1v) is 15.8. The molecular formula is C32H30Cl2N6O8. The van der Waals surface area contributed by atoms with E-state index in [0.29, 0.717) is 33.7 Å². The number of nitrogens with zero attached hydrogens (tertiary/aromatic N) is 6. The first kappa shape index (κ1) is 31.8. The monoisotopic (exact) mass is 696 g/mol. The number of hydrogen-bond donors (Lipinski definition) is 1. The van der Waals surface area contributed by atoms with Gasteiger partial charge in [0.05, 0.1) is 37.8 Å². The number of phenolic OH excluding ortho intramolecular Hbond substituents is 1. The number of allylic oxidation sites excluding steroid dienone is 2. The van der Waals surface area contributed by atoms with Crippen molar-refractivity contribution in [2.24, 2.45) is 7.05 Å². The van der Waals surface area contributed by atoms with Crippen molar-refractivity contribution in [3.05, 3.63) is 90.6 Å². The van der Waals surface area contributed by atoms with Crippen LogP contribution in [0.1, 0.15) is 29.6 Å².